The fraction of sp³-hybridized carbons (Fsp3) is 0.588. The first-order valence-corrected chi connectivity index (χ1v) is 7.52. The van der Waals surface area contributed by atoms with Gasteiger partial charge in [0.25, 0.3) is 0 Å². The molecule has 2 atom stereocenters. The third kappa shape index (κ3) is 5.22. The van der Waals surface area contributed by atoms with E-state index < -0.39 is 6.10 Å². The summed E-state index contributed by atoms with van der Waals surface area (Å²) in [4.78, 5) is 12.2. The average molecular weight is 309 g/mol. The van der Waals surface area contributed by atoms with E-state index in [0.717, 1.165) is 11.3 Å². The molecule has 0 radical (unpaired) electrons. The summed E-state index contributed by atoms with van der Waals surface area (Å²) in [6.45, 7) is 8.33. The second-order valence-electron chi connectivity index (χ2n) is 5.71. The van der Waals surface area contributed by atoms with Crippen LogP contribution in [0.25, 0.3) is 0 Å². The molecular weight excluding hydrogens is 282 g/mol. The molecule has 0 bridgehead atoms. The molecule has 0 aliphatic heterocycles. The number of nitrogens with one attached hydrogen (secondary N) is 1. The van der Waals surface area contributed by atoms with Gasteiger partial charge in [0.15, 0.2) is 0 Å². The highest BCUT2D eigenvalue weighted by Gasteiger charge is 2.19. The maximum atomic E-state index is 12.2. The van der Waals surface area contributed by atoms with Gasteiger partial charge in [-0.15, -0.1) is 0 Å². The summed E-state index contributed by atoms with van der Waals surface area (Å²) < 4.78 is 16.1. The maximum absolute atomic E-state index is 12.2. The Hall–Kier alpha value is -1.75. The van der Waals surface area contributed by atoms with E-state index in [2.05, 4.69) is 5.32 Å². The van der Waals surface area contributed by atoms with E-state index in [4.69, 9.17) is 14.2 Å². The van der Waals surface area contributed by atoms with Crippen molar-refractivity contribution in [2.24, 2.45) is 5.92 Å². The summed E-state index contributed by atoms with van der Waals surface area (Å²) in [6, 6.07) is 5.31. The van der Waals surface area contributed by atoms with Gasteiger partial charge in [0.2, 0.25) is 5.91 Å². The molecule has 0 fully saturated rings. The number of hydrogen-bond acceptors (Lipinski definition) is 4. The molecule has 1 N–H and O–H groups in total. The largest absolute Gasteiger partial charge is 0.497 e. The van der Waals surface area contributed by atoms with Crippen LogP contribution in [0.5, 0.6) is 11.5 Å². The zero-order chi connectivity index (χ0) is 16.7. The van der Waals surface area contributed by atoms with Crippen molar-refractivity contribution in [1.29, 1.82) is 0 Å². The molecule has 0 saturated heterocycles. The van der Waals surface area contributed by atoms with Crippen molar-refractivity contribution in [3.8, 4) is 11.5 Å². The Morgan fingerprint density at radius 2 is 1.82 bits per heavy atom. The minimum absolute atomic E-state index is 0.141. The van der Waals surface area contributed by atoms with Crippen molar-refractivity contribution < 1.29 is 19.0 Å². The van der Waals surface area contributed by atoms with Gasteiger partial charge >= 0.3 is 0 Å². The molecule has 5 nitrogen and oxygen atoms in total. The van der Waals surface area contributed by atoms with Crippen molar-refractivity contribution in [2.75, 3.05) is 20.8 Å². The standard InChI is InChI=1S/C17H27NO4/c1-11(2)10-22-13(4)17(19)18-12(3)15-9-14(20-5)7-8-16(15)21-6/h7-9,11-13H,10H2,1-6H3,(H,18,19). The molecule has 0 aliphatic carbocycles. The van der Waals surface area contributed by atoms with Crippen LogP contribution in [0, 0.1) is 5.92 Å². The monoisotopic (exact) mass is 309 g/mol. The van der Waals surface area contributed by atoms with Gasteiger partial charge in [-0.1, -0.05) is 13.8 Å². The van der Waals surface area contributed by atoms with Crippen molar-refractivity contribution in [1.82, 2.24) is 5.32 Å². The molecule has 0 spiro atoms. The van der Waals surface area contributed by atoms with Gasteiger partial charge < -0.3 is 19.5 Å². The summed E-state index contributed by atoms with van der Waals surface area (Å²) >= 11 is 0. The van der Waals surface area contributed by atoms with Crippen LogP contribution in [0.15, 0.2) is 18.2 Å². The molecule has 0 saturated carbocycles. The highest BCUT2D eigenvalue weighted by atomic mass is 16.5. The van der Waals surface area contributed by atoms with Crippen molar-refractivity contribution >= 4 is 5.91 Å². The van der Waals surface area contributed by atoms with E-state index in [9.17, 15) is 4.79 Å². The molecule has 1 aromatic rings. The topological polar surface area (TPSA) is 56.8 Å². The molecule has 5 heteroatoms. The van der Waals surface area contributed by atoms with Crippen molar-refractivity contribution in [2.45, 2.75) is 39.8 Å². The quantitative estimate of drug-likeness (QED) is 0.802. The molecule has 22 heavy (non-hydrogen) atoms. The molecule has 0 aromatic heterocycles. The molecule has 1 rings (SSSR count). The van der Waals surface area contributed by atoms with Gasteiger partial charge in [-0.05, 0) is 38.0 Å². The van der Waals surface area contributed by atoms with Gasteiger partial charge in [0.05, 0.1) is 20.3 Å². The van der Waals surface area contributed by atoms with Gasteiger partial charge in [-0.3, -0.25) is 4.79 Å². The van der Waals surface area contributed by atoms with E-state index >= 15 is 0 Å². The van der Waals surface area contributed by atoms with Crippen LogP contribution in [0.2, 0.25) is 0 Å². The molecule has 2 unspecified atom stereocenters. The molecule has 1 amide bonds. The lowest BCUT2D eigenvalue weighted by molar-refractivity contribution is -0.133. The van der Waals surface area contributed by atoms with Crippen molar-refractivity contribution in [3.05, 3.63) is 23.8 Å². The SMILES string of the molecule is COc1ccc(OC)c(C(C)NC(=O)C(C)OCC(C)C)c1. The second-order valence-corrected chi connectivity index (χ2v) is 5.71. The fourth-order valence-electron chi connectivity index (χ4n) is 2.00. The minimum atomic E-state index is -0.485. The maximum Gasteiger partial charge on any atom is 0.249 e. The Morgan fingerprint density at radius 1 is 1.14 bits per heavy atom. The lowest BCUT2D eigenvalue weighted by Gasteiger charge is -2.21. The lowest BCUT2D eigenvalue weighted by Crippen LogP contribution is -2.36. The van der Waals surface area contributed by atoms with Crippen LogP contribution < -0.4 is 14.8 Å². The number of ether oxygens (including phenoxy) is 3. The Morgan fingerprint density at radius 3 is 2.36 bits per heavy atom. The van der Waals surface area contributed by atoms with Crippen molar-refractivity contribution in [3.63, 3.8) is 0 Å². The smallest absolute Gasteiger partial charge is 0.249 e. The number of rotatable bonds is 8. The van der Waals surface area contributed by atoms with E-state index in [1.165, 1.54) is 0 Å². The summed E-state index contributed by atoms with van der Waals surface area (Å²) in [6.07, 6.45) is -0.485. The van der Waals surface area contributed by atoms with Gasteiger partial charge in [-0.25, -0.2) is 0 Å². The summed E-state index contributed by atoms with van der Waals surface area (Å²) in [5.41, 5.74) is 0.867. The summed E-state index contributed by atoms with van der Waals surface area (Å²) in [5.74, 6) is 1.69. The third-order valence-corrected chi connectivity index (χ3v) is 3.31. The number of methoxy groups -OCH3 is 2. The Bertz CT molecular complexity index is 488. The number of benzene rings is 1. The molecule has 0 aliphatic rings. The summed E-state index contributed by atoms with van der Waals surface area (Å²) in [7, 11) is 3.21. The third-order valence-electron chi connectivity index (χ3n) is 3.31. The first kappa shape index (κ1) is 18.3. The zero-order valence-electron chi connectivity index (χ0n) is 14.3. The van der Waals surface area contributed by atoms with Crippen LogP contribution >= 0.6 is 0 Å². The van der Waals surface area contributed by atoms with Gasteiger partial charge in [0.1, 0.15) is 17.6 Å². The number of carbonyl (C=O) groups excluding carboxylic acids is 1. The van der Waals surface area contributed by atoms with Crippen LogP contribution in [-0.2, 0) is 9.53 Å². The first-order chi connectivity index (χ1) is 10.4. The van der Waals surface area contributed by atoms with Gasteiger partial charge in [-0.2, -0.15) is 0 Å². The summed E-state index contributed by atoms with van der Waals surface area (Å²) in [5, 5.41) is 2.95. The predicted molar refractivity (Wildman–Crippen MR) is 86.4 cm³/mol. The first-order valence-electron chi connectivity index (χ1n) is 7.52. The number of carbonyl (C=O) groups is 1. The number of amides is 1. The molecule has 124 valence electrons. The highest BCUT2D eigenvalue weighted by molar-refractivity contribution is 5.80. The Labute approximate surface area is 132 Å². The fourth-order valence-corrected chi connectivity index (χ4v) is 2.00. The Balaban J connectivity index is 2.75. The molecular formula is C17H27NO4. The molecule has 0 heterocycles. The lowest BCUT2D eigenvalue weighted by atomic mass is 10.1. The van der Waals surface area contributed by atoms with E-state index in [1.807, 2.05) is 39.0 Å². The normalized spacial score (nSPS) is 13.6. The van der Waals surface area contributed by atoms with Crippen LogP contribution in [-0.4, -0.2) is 32.8 Å². The molecule has 1 aromatic carbocycles. The zero-order valence-corrected chi connectivity index (χ0v) is 14.3. The average Bonchev–Trinajstić information content (AvgIpc) is 2.51. The van der Waals surface area contributed by atoms with E-state index in [1.54, 1.807) is 21.1 Å². The van der Waals surface area contributed by atoms with E-state index in [-0.39, 0.29) is 11.9 Å². The second kappa shape index (κ2) is 8.63. The number of hydrogen-bond donors (Lipinski definition) is 1. The van der Waals surface area contributed by atoms with Crippen LogP contribution in [0.4, 0.5) is 0 Å². The van der Waals surface area contributed by atoms with Crippen LogP contribution in [0.3, 0.4) is 0 Å². The van der Waals surface area contributed by atoms with E-state index in [0.29, 0.717) is 18.3 Å². The van der Waals surface area contributed by atoms with Gasteiger partial charge in [0, 0.05) is 12.2 Å². The Kier molecular flexibility index (Phi) is 7.18. The minimum Gasteiger partial charge on any atom is -0.497 e. The highest BCUT2D eigenvalue weighted by Crippen LogP contribution is 2.29. The predicted octanol–water partition coefficient (Wildman–Crippen LogP) is 2.94. The van der Waals surface area contributed by atoms with Crippen LogP contribution in [0.1, 0.15) is 39.3 Å².